The van der Waals surface area contributed by atoms with E-state index in [1.54, 1.807) is 0 Å². The Morgan fingerprint density at radius 1 is 1.07 bits per heavy atom. The maximum Gasteiger partial charge on any atom is 0.251 e. The topological polar surface area (TPSA) is 82.7 Å². The van der Waals surface area contributed by atoms with Crippen LogP contribution in [0.3, 0.4) is 0 Å². The van der Waals surface area contributed by atoms with E-state index in [9.17, 15) is 4.79 Å². The number of benzene rings is 2. The van der Waals surface area contributed by atoms with Gasteiger partial charge in [0.2, 0.25) is 0 Å². The molecule has 164 valence electrons. The molecule has 0 radical (unpaired) electrons. The molecule has 30 heavy (non-hydrogen) atoms. The number of nitrogens with zero attached hydrogens (tertiary/aromatic N) is 2. The molecule has 0 aliphatic rings. The van der Waals surface area contributed by atoms with Gasteiger partial charge in [-0.1, -0.05) is 44.2 Å². The number of likely N-dealkylation sites (N-methyl/N-ethyl adjacent to an activating group) is 1. The fourth-order valence-electron chi connectivity index (χ4n) is 3.05. The predicted octanol–water partition coefficient (Wildman–Crippen LogP) is 3.65. The summed E-state index contributed by atoms with van der Waals surface area (Å²) in [7, 11) is 3.96. The summed E-state index contributed by atoms with van der Waals surface area (Å²) in [6.07, 6.45) is 1.85. The smallest absolute Gasteiger partial charge is 0.251 e. The molecule has 0 saturated carbocycles. The lowest BCUT2D eigenvalue weighted by atomic mass is 10.0. The van der Waals surface area contributed by atoms with Gasteiger partial charge in [-0.3, -0.25) is 4.79 Å². The number of anilines is 1. The number of aryl methyl sites for hydroxylation is 2. The molecule has 0 aliphatic carbocycles. The summed E-state index contributed by atoms with van der Waals surface area (Å²) < 4.78 is 0. The minimum atomic E-state index is -0.0757. The largest absolute Gasteiger partial charge is 0.370 e. The van der Waals surface area contributed by atoms with E-state index in [4.69, 9.17) is 5.73 Å². The molecular formula is C23H34IN5O. The summed E-state index contributed by atoms with van der Waals surface area (Å²) >= 11 is 0. The number of nitrogens with two attached hydrogens (primary N) is 1. The van der Waals surface area contributed by atoms with Gasteiger partial charge in [-0.25, -0.2) is 4.99 Å². The van der Waals surface area contributed by atoms with Crippen molar-refractivity contribution in [3.8, 4) is 0 Å². The van der Waals surface area contributed by atoms with Gasteiger partial charge in [0.1, 0.15) is 0 Å². The van der Waals surface area contributed by atoms with Crippen LogP contribution in [0.15, 0.2) is 47.5 Å². The number of carbonyl (C=O) groups is 1. The standard InChI is InChI=1S/C23H33N5O.HI/c1-5-18-10-8-11-19(6-2)21(18)27-23(24)26-16-17-9-7-12-20(15-17)22(29)25-13-14-28(3)4;/h7-12,15H,5-6,13-14,16H2,1-4H3,(H,25,29)(H3,24,26,27);1H. The van der Waals surface area contributed by atoms with Crippen LogP contribution in [0, 0.1) is 0 Å². The van der Waals surface area contributed by atoms with Crippen molar-refractivity contribution in [1.29, 1.82) is 0 Å². The lowest BCUT2D eigenvalue weighted by Gasteiger charge is -2.15. The van der Waals surface area contributed by atoms with Crippen molar-refractivity contribution in [1.82, 2.24) is 10.2 Å². The molecule has 0 heterocycles. The van der Waals surface area contributed by atoms with Gasteiger partial charge in [0.05, 0.1) is 6.54 Å². The van der Waals surface area contributed by atoms with Crippen LogP contribution >= 0.6 is 24.0 Å². The molecule has 0 aliphatic heterocycles. The molecule has 0 saturated heterocycles. The Labute approximate surface area is 197 Å². The SMILES string of the molecule is CCc1cccc(CC)c1NC(N)=NCc1cccc(C(=O)NCCN(C)C)c1.I. The number of hydrogen-bond donors (Lipinski definition) is 3. The van der Waals surface area contributed by atoms with Gasteiger partial charge in [-0.05, 0) is 55.8 Å². The predicted molar refractivity (Wildman–Crippen MR) is 137 cm³/mol. The molecule has 0 fully saturated rings. The van der Waals surface area contributed by atoms with E-state index >= 15 is 0 Å². The molecule has 0 spiro atoms. The Kier molecular flexibility index (Phi) is 11.4. The highest BCUT2D eigenvalue weighted by Gasteiger charge is 2.08. The number of halogens is 1. The van der Waals surface area contributed by atoms with Crippen molar-refractivity contribution in [2.24, 2.45) is 10.7 Å². The number of amides is 1. The minimum Gasteiger partial charge on any atom is -0.370 e. The van der Waals surface area contributed by atoms with Crippen LogP contribution in [0.5, 0.6) is 0 Å². The second-order valence-corrected chi connectivity index (χ2v) is 7.24. The highest BCUT2D eigenvalue weighted by atomic mass is 127. The molecule has 6 nitrogen and oxygen atoms in total. The van der Waals surface area contributed by atoms with Crippen LogP contribution in [0.1, 0.15) is 40.9 Å². The number of nitrogens with one attached hydrogen (secondary N) is 2. The third-order valence-electron chi connectivity index (χ3n) is 4.72. The quantitative estimate of drug-likeness (QED) is 0.266. The summed E-state index contributed by atoms with van der Waals surface area (Å²) in [5.74, 6) is 0.301. The molecule has 7 heteroatoms. The molecule has 0 bridgehead atoms. The van der Waals surface area contributed by atoms with Crippen LogP contribution in [-0.4, -0.2) is 44.0 Å². The zero-order chi connectivity index (χ0) is 21.2. The van der Waals surface area contributed by atoms with Crippen molar-refractivity contribution in [2.75, 3.05) is 32.5 Å². The van der Waals surface area contributed by atoms with Crippen LogP contribution in [0.2, 0.25) is 0 Å². The van der Waals surface area contributed by atoms with Crippen LogP contribution < -0.4 is 16.4 Å². The van der Waals surface area contributed by atoms with Gasteiger partial charge in [0, 0.05) is 24.3 Å². The molecule has 0 unspecified atom stereocenters. The first-order chi connectivity index (χ1) is 13.9. The van der Waals surface area contributed by atoms with E-state index in [2.05, 4.69) is 47.7 Å². The fraction of sp³-hybridized carbons (Fsp3) is 0.391. The number of hydrogen-bond acceptors (Lipinski definition) is 3. The minimum absolute atomic E-state index is 0. The van der Waals surface area contributed by atoms with E-state index in [1.165, 1.54) is 11.1 Å². The molecule has 2 aromatic rings. The zero-order valence-electron chi connectivity index (χ0n) is 18.4. The summed E-state index contributed by atoms with van der Waals surface area (Å²) in [6, 6.07) is 13.8. The Bertz CT molecular complexity index is 829. The van der Waals surface area contributed by atoms with E-state index in [1.807, 2.05) is 43.3 Å². The Hall–Kier alpha value is -2.13. The summed E-state index contributed by atoms with van der Waals surface area (Å²) in [6.45, 7) is 6.08. The molecule has 2 aromatic carbocycles. The lowest BCUT2D eigenvalue weighted by molar-refractivity contribution is 0.0951. The zero-order valence-corrected chi connectivity index (χ0v) is 20.7. The van der Waals surface area contributed by atoms with Crippen LogP contribution in [0.4, 0.5) is 5.69 Å². The average Bonchev–Trinajstić information content (AvgIpc) is 2.72. The molecule has 1 amide bonds. The Morgan fingerprint density at radius 2 is 1.70 bits per heavy atom. The number of rotatable bonds is 9. The third kappa shape index (κ3) is 7.95. The highest BCUT2D eigenvalue weighted by Crippen LogP contribution is 2.22. The number of guanidine groups is 1. The van der Waals surface area contributed by atoms with Crippen LogP contribution in [-0.2, 0) is 19.4 Å². The van der Waals surface area contributed by atoms with Crippen molar-refractivity contribution in [3.05, 3.63) is 64.7 Å². The summed E-state index contributed by atoms with van der Waals surface area (Å²) in [4.78, 5) is 18.8. The van der Waals surface area contributed by atoms with Gasteiger partial charge < -0.3 is 21.3 Å². The first-order valence-corrected chi connectivity index (χ1v) is 10.1. The van der Waals surface area contributed by atoms with Gasteiger partial charge in [-0.2, -0.15) is 0 Å². The highest BCUT2D eigenvalue weighted by molar-refractivity contribution is 14.0. The van der Waals surface area contributed by atoms with E-state index in [0.717, 1.165) is 30.6 Å². The van der Waals surface area contributed by atoms with Gasteiger partial charge in [-0.15, -0.1) is 24.0 Å². The van der Waals surface area contributed by atoms with Crippen molar-refractivity contribution in [3.63, 3.8) is 0 Å². The molecule has 2 rings (SSSR count). The molecule has 0 aromatic heterocycles. The number of aliphatic imine (C=N–C) groups is 1. The van der Waals surface area contributed by atoms with Crippen molar-refractivity contribution >= 4 is 41.5 Å². The van der Waals surface area contributed by atoms with E-state index < -0.39 is 0 Å². The Balaban J connectivity index is 0.00000450. The maximum absolute atomic E-state index is 12.3. The fourth-order valence-corrected chi connectivity index (χ4v) is 3.05. The van der Waals surface area contributed by atoms with E-state index in [0.29, 0.717) is 24.6 Å². The Morgan fingerprint density at radius 3 is 2.30 bits per heavy atom. The van der Waals surface area contributed by atoms with Crippen LogP contribution in [0.25, 0.3) is 0 Å². The molecule has 4 N–H and O–H groups in total. The first kappa shape index (κ1) is 25.9. The normalized spacial score (nSPS) is 11.2. The van der Waals surface area contributed by atoms with Crippen molar-refractivity contribution < 1.29 is 4.79 Å². The van der Waals surface area contributed by atoms with Gasteiger partial charge >= 0.3 is 0 Å². The summed E-state index contributed by atoms with van der Waals surface area (Å²) in [5, 5.41) is 6.20. The maximum atomic E-state index is 12.3. The average molecular weight is 523 g/mol. The van der Waals surface area contributed by atoms with Gasteiger partial charge in [0.15, 0.2) is 5.96 Å². The third-order valence-corrected chi connectivity index (χ3v) is 4.72. The molecule has 0 atom stereocenters. The lowest BCUT2D eigenvalue weighted by Crippen LogP contribution is -2.31. The monoisotopic (exact) mass is 523 g/mol. The summed E-state index contributed by atoms with van der Waals surface area (Å²) in [5.41, 5.74) is 11.2. The number of carbonyl (C=O) groups excluding carboxylic acids is 1. The van der Waals surface area contributed by atoms with Crippen molar-refractivity contribution in [2.45, 2.75) is 33.2 Å². The van der Waals surface area contributed by atoms with Gasteiger partial charge in [0.25, 0.3) is 5.91 Å². The first-order valence-electron chi connectivity index (χ1n) is 10.1. The second-order valence-electron chi connectivity index (χ2n) is 7.24. The van der Waals surface area contributed by atoms with E-state index in [-0.39, 0.29) is 29.9 Å². The number of para-hydroxylation sites is 1. The second kappa shape index (κ2) is 13.2. The molecular weight excluding hydrogens is 489 g/mol.